The van der Waals surface area contributed by atoms with Crippen molar-refractivity contribution in [2.45, 2.75) is 13.8 Å². The molecule has 0 fully saturated rings. The Morgan fingerprint density at radius 3 is 2.70 bits per heavy atom. The van der Waals surface area contributed by atoms with Crippen molar-refractivity contribution < 1.29 is 0 Å². The van der Waals surface area contributed by atoms with Crippen LogP contribution >= 0.6 is 0 Å². The second-order valence-electron chi connectivity index (χ2n) is 4.44. The molecule has 20 heavy (non-hydrogen) atoms. The molecular weight excluding hydrogens is 248 g/mol. The fourth-order valence-electron chi connectivity index (χ4n) is 1.77. The van der Waals surface area contributed by atoms with Crippen LogP contribution in [0.15, 0.2) is 65.1 Å². The predicted molar refractivity (Wildman–Crippen MR) is 82.3 cm³/mol. The molecule has 0 aliphatic heterocycles. The summed E-state index contributed by atoms with van der Waals surface area (Å²) >= 11 is 0. The Bertz CT molecular complexity index is 617. The molecule has 102 valence electrons. The van der Waals surface area contributed by atoms with Crippen LogP contribution < -0.4 is 5.01 Å². The van der Waals surface area contributed by atoms with Crippen LogP contribution in [0.2, 0.25) is 0 Å². The Balaban J connectivity index is 2.16. The summed E-state index contributed by atoms with van der Waals surface area (Å²) in [5.41, 5.74) is 3.77. The van der Waals surface area contributed by atoms with E-state index in [1.807, 2.05) is 50.4 Å². The molecular formula is C16H18N4. The van der Waals surface area contributed by atoms with Gasteiger partial charge < -0.3 is 0 Å². The van der Waals surface area contributed by atoms with Gasteiger partial charge in [0.1, 0.15) is 5.70 Å². The summed E-state index contributed by atoms with van der Waals surface area (Å²) in [7, 11) is 1.88. The Hall–Kier alpha value is -2.49. The van der Waals surface area contributed by atoms with Crippen LogP contribution in [0.3, 0.4) is 0 Å². The molecule has 0 aliphatic rings. The largest absolute Gasteiger partial charge is 0.255 e. The van der Waals surface area contributed by atoms with Crippen LogP contribution in [0.4, 0.5) is 5.69 Å². The van der Waals surface area contributed by atoms with Gasteiger partial charge in [-0.25, -0.2) is 5.01 Å². The second-order valence-corrected chi connectivity index (χ2v) is 4.44. The molecule has 0 aliphatic carbocycles. The fourth-order valence-corrected chi connectivity index (χ4v) is 1.77. The number of anilines is 1. The highest BCUT2D eigenvalue weighted by molar-refractivity contribution is 5.60. The molecule has 1 aromatic carbocycles. The average Bonchev–Trinajstić information content (AvgIpc) is 2.49. The number of benzene rings is 1. The quantitative estimate of drug-likeness (QED) is 0.613. The van der Waals surface area contributed by atoms with Gasteiger partial charge in [0.2, 0.25) is 0 Å². The van der Waals surface area contributed by atoms with Crippen LogP contribution in [0.1, 0.15) is 18.2 Å². The van der Waals surface area contributed by atoms with Crippen LogP contribution in [0.25, 0.3) is 5.70 Å². The zero-order valence-corrected chi connectivity index (χ0v) is 12.0. The number of nitrogens with zero attached hydrogens (tertiary/aromatic N) is 4. The topological polar surface area (TPSA) is 40.9 Å². The fraction of sp³-hybridized carbons (Fsp3) is 0.188. The van der Waals surface area contributed by atoms with Crippen molar-refractivity contribution in [1.82, 2.24) is 4.98 Å². The third-order valence-electron chi connectivity index (χ3n) is 2.86. The molecule has 0 unspecified atom stereocenters. The third kappa shape index (κ3) is 3.51. The molecule has 2 rings (SSSR count). The number of pyridine rings is 1. The smallest absolute Gasteiger partial charge is 0.109 e. The van der Waals surface area contributed by atoms with Crippen LogP contribution in [0, 0.1) is 6.92 Å². The third-order valence-corrected chi connectivity index (χ3v) is 2.86. The second kappa shape index (κ2) is 6.61. The molecule has 4 heteroatoms. The van der Waals surface area contributed by atoms with E-state index in [0.717, 1.165) is 17.1 Å². The Kier molecular flexibility index (Phi) is 4.60. The molecule has 1 heterocycles. The first kappa shape index (κ1) is 13.9. The maximum absolute atomic E-state index is 4.27. The molecule has 0 saturated heterocycles. The van der Waals surface area contributed by atoms with E-state index in [9.17, 15) is 0 Å². The number of aromatic nitrogens is 1. The van der Waals surface area contributed by atoms with Crippen LogP contribution in [-0.2, 0) is 0 Å². The van der Waals surface area contributed by atoms with E-state index >= 15 is 0 Å². The number of hydrogen-bond acceptors (Lipinski definition) is 3. The van der Waals surface area contributed by atoms with E-state index < -0.39 is 0 Å². The zero-order valence-electron chi connectivity index (χ0n) is 12.0. The molecule has 0 atom stereocenters. The van der Waals surface area contributed by atoms with E-state index in [4.69, 9.17) is 0 Å². The highest BCUT2D eigenvalue weighted by Gasteiger charge is 2.02. The summed E-state index contributed by atoms with van der Waals surface area (Å²) < 4.78 is 0. The van der Waals surface area contributed by atoms with Gasteiger partial charge in [0.05, 0.1) is 11.4 Å². The minimum atomic E-state index is 0.755. The van der Waals surface area contributed by atoms with Crippen molar-refractivity contribution in [2.75, 3.05) is 12.1 Å². The van der Waals surface area contributed by atoms with E-state index in [0.29, 0.717) is 0 Å². The minimum Gasteiger partial charge on any atom is -0.255 e. The van der Waals surface area contributed by atoms with Gasteiger partial charge in [0.15, 0.2) is 0 Å². The highest BCUT2D eigenvalue weighted by Crippen LogP contribution is 2.17. The minimum absolute atomic E-state index is 0.755. The summed E-state index contributed by atoms with van der Waals surface area (Å²) in [5, 5.41) is 10.3. The van der Waals surface area contributed by atoms with E-state index in [1.54, 1.807) is 11.2 Å². The van der Waals surface area contributed by atoms with Gasteiger partial charge in [-0.2, -0.15) is 0 Å². The summed E-state index contributed by atoms with van der Waals surface area (Å²) in [6.07, 6.45) is 3.65. The van der Waals surface area contributed by atoms with Crippen molar-refractivity contribution in [3.63, 3.8) is 0 Å². The Morgan fingerprint density at radius 2 is 2.05 bits per heavy atom. The molecule has 0 saturated carbocycles. The maximum Gasteiger partial charge on any atom is 0.109 e. The zero-order chi connectivity index (χ0) is 14.4. The Labute approximate surface area is 119 Å². The van der Waals surface area contributed by atoms with Crippen LogP contribution in [-0.4, -0.2) is 12.0 Å². The number of rotatable bonds is 4. The monoisotopic (exact) mass is 266 g/mol. The van der Waals surface area contributed by atoms with Crippen molar-refractivity contribution in [1.29, 1.82) is 0 Å². The highest BCUT2D eigenvalue weighted by atomic mass is 15.5. The lowest BCUT2D eigenvalue weighted by Gasteiger charge is -2.12. The van der Waals surface area contributed by atoms with Gasteiger partial charge in [-0.15, -0.1) is 5.11 Å². The van der Waals surface area contributed by atoms with Crippen molar-refractivity contribution >= 4 is 11.4 Å². The summed E-state index contributed by atoms with van der Waals surface area (Å²) in [6, 6.07) is 13.9. The van der Waals surface area contributed by atoms with E-state index in [1.165, 1.54) is 5.56 Å². The summed E-state index contributed by atoms with van der Waals surface area (Å²) in [5.74, 6) is 0. The standard InChI is InChI=1S/C16H18N4/c1-4-15(16-10-5-6-11-17-16)18-19-20(3)14-9-7-8-13(2)12-14/h4-12H,1-3H3/b15-4?,19-18-. The van der Waals surface area contributed by atoms with Gasteiger partial charge >= 0.3 is 0 Å². The lowest BCUT2D eigenvalue weighted by Crippen LogP contribution is -2.07. The van der Waals surface area contributed by atoms with Gasteiger partial charge in [0, 0.05) is 13.2 Å². The molecule has 0 spiro atoms. The summed E-state index contributed by atoms with van der Waals surface area (Å²) in [6.45, 7) is 3.98. The first-order chi connectivity index (χ1) is 9.70. The molecule has 0 N–H and O–H groups in total. The normalized spacial score (nSPS) is 11.8. The van der Waals surface area contributed by atoms with Gasteiger partial charge in [-0.1, -0.05) is 29.5 Å². The van der Waals surface area contributed by atoms with Crippen molar-refractivity contribution in [2.24, 2.45) is 10.3 Å². The maximum atomic E-state index is 4.27. The number of hydrogen-bond donors (Lipinski definition) is 0. The molecule has 0 amide bonds. The average molecular weight is 266 g/mol. The van der Waals surface area contributed by atoms with Gasteiger partial charge in [-0.3, -0.25) is 4.98 Å². The predicted octanol–water partition coefficient (Wildman–Crippen LogP) is 4.25. The van der Waals surface area contributed by atoms with Crippen molar-refractivity contribution in [3.8, 4) is 0 Å². The first-order valence-electron chi connectivity index (χ1n) is 6.50. The Morgan fingerprint density at radius 1 is 1.20 bits per heavy atom. The number of aryl methyl sites for hydroxylation is 1. The lowest BCUT2D eigenvalue weighted by atomic mass is 10.2. The molecule has 1 aromatic heterocycles. The van der Waals surface area contributed by atoms with Crippen LogP contribution in [0.5, 0.6) is 0 Å². The first-order valence-corrected chi connectivity index (χ1v) is 6.50. The van der Waals surface area contributed by atoms with E-state index in [-0.39, 0.29) is 0 Å². The summed E-state index contributed by atoms with van der Waals surface area (Å²) in [4.78, 5) is 4.27. The van der Waals surface area contributed by atoms with Crippen molar-refractivity contribution in [3.05, 3.63) is 66.0 Å². The van der Waals surface area contributed by atoms with Gasteiger partial charge in [0.25, 0.3) is 0 Å². The lowest BCUT2D eigenvalue weighted by molar-refractivity contribution is 0.922. The number of allylic oxidation sites excluding steroid dienone is 1. The molecule has 0 bridgehead atoms. The SMILES string of the molecule is CC=C(/N=N\N(C)c1cccc(C)c1)c1ccccn1. The molecule has 2 aromatic rings. The molecule has 4 nitrogen and oxygen atoms in total. The van der Waals surface area contributed by atoms with E-state index in [2.05, 4.69) is 34.4 Å². The van der Waals surface area contributed by atoms with Gasteiger partial charge in [-0.05, 0) is 43.7 Å². The molecule has 0 radical (unpaired) electrons.